The van der Waals surface area contributed by atoms with Gasteiger partial charge in [-0.1, -0.05) is 43.3 Å². The molecule has 2 heterocycles. The van der Waals surface area contributed by atoms with Gasteiger partial charge in [0.15, 0.2) is 0 Å². The number of fused-ring (bicyclic) bond motifs is 1. The summed E-state index contributed by atoms with van der Waals surface area (Å²) in [7, 11) is 0. The van der Waals surface area contributed by atoms with Gasteiger partial charge >= 0.3 is 0 Å². The molecule has 0 aliphatic carbocycles. The highest BCUT2D eigenvalue weighted by molar-refractivity contribution is 7.10. The summed E-state index contributed by atoms with van der Waals surface area (Å²) in [5.74, 6) is 0.115. The minimum absolute atomic E-state index is 0.0124. The zero-order chi connectivity index (χ0) is 23.9. The lowest BCUT2D eigenvalue weighted by molar-refractivity contribution is -0.136. The fourth-order valence-electron chi connectivity index (χ4n) is 4.46. The molecule has 2 atom stereocenters. The molecular weight excluding hydrogens is 451 g/mol. The molecule has 5 nitrogen and oxygen atoms in total. The van der Waals surface area contributed by atoms with Crippen molar-refractivity contribution >= 4 is 17.2 Å². The number of thiophene rings is 1. The zero-order valence-electron chi connectivity index (χ0n) is 19.4. The Morgan fingerprint density at radius 2 is 2.06 bits per heavy atom. The highest BCUT2D eigenvalue weighted by Gasteiger charge is 2.33. The summed E-state index contributed by atoms with van der Waals surface area (Å²) in [6.07, 6.45) is 1.04. The van der Waals surface area contributed by atoms with Crippen LogP contribution in [0.1, 0.15) is 41.5 Å². The highest BCUT2D eigenvalue weighted by atomic mass is 32.1. The number of ether oxygens (including phenoxy) is 1. The standard InChI is InChI=1S/C27H31FN2O3S/c1-2-13-29(17-25(31)20-7-4-3-5-8-20)18-27(32)30-14-11-26-23(12-15-34-26)24(30)19-33-22-10-6-9-21(28)16-22/h3-10,12,15-16,24-25,31H,2,11,13-14,17-19H2,1H3. The van der Waals surface area contributed by atoms with Gasteiger partial charge in [0.05, 0.1) is 18.7 Å². The number of carbonyl (C=O) groups is 1. The van der Waals surface area contributed by atoms with Gasteiger partial charge in [-0.15, -0.1) is 11.3 Å². The largest absolute Gasteiger partial charge is 0.491 e. The van der Waals surface area contributed by atoms with Crippen LogP contribution >= 0.6 is 11.3 Å². The molecule has 2 aromatic carbocycles. The predicted molar refractivity (Wildman–Crippen MR) is 133 cm³/mol. The maximum absolute atomic E-state index is 13.6. The fraction of sp³-hybridized carbons (Fsp3) is 0.370. The number of hydrogen-bond acceptors (Lipinski definition) is 5. The molecule has 0 saturated carbocycles. The Morgan fingerprint density at radius 3 is 2.82 bits per heavy atom. The van der Waals surface area contributed by atoms with Crippen LogP contribution in [0.25, 0.3) is 0 Å². The summed E-state index contributed by atoms with van der Waals surface area (Å²) in [6, 6.07) is 17.4. The lowest BCUT2D eigenvalue weighted by atomic mass is 10.00. The highest BCUT2D eigenvalue weighted by Crippen LogP contribution is 2.34. The number of carbonyl (C=O) groups excluding carboxylic acids is 1. The summed E-state index contributed by atoms with van der Waals surface area (Å²) < 4.78 is 19.5. The number of rotatable bonds is 10. The summed E-state index contributed by atoms with van der Waals surface area (Å²) in [4.78, 5) is 18.7. The van der Waals surface area contributed by atoms with Crippen molar-refractivity contribution in [3.63, 3.8) is 0 Å². The second kappa shape index (κ2) is 11.6. The number of hydrogen-bond donors (Lipinski definition) is 1. The number of benzene rings is 2. The minimum Gasteiger partial charge on any atom is -0.491 e. The van der Waals surface area contributed by atoms with Crippen LogP contribution in [-0.2, 0) is 11.2 Å². The van der Waals surface area contributed by atoms with E-state index in [1.54, 1.807) is 23.5 Å². The van der Waals surface area contributed by atoms with E-state index < -0.39 is 6.10 Å². The van der Waals surface area contributed by atoms with Gasteiger partial charge in [-0.25, -0.2) is 4.39 Å². The van der Waals surface area contributed by atoms with Gasteiger partial charge in [-0.05, 0) is 54.1 Å². The monoisotopic (exact) mass is 482 g/mol. The Kier molecular flexibility index (Phi) is 8.32. The van der Waals surface area contributed by atoms with Gasteiger partial charge < -0.3 is 14.7 Å². The van der Waals surface area contributed by atoms with Gasteiger partial charge in [0.2, 0.25) is 5.91 Å². The predicted octanol–water partition coefficient (Wildman–Crippen LogP) is 4.84. The van der Waals surface area contributed by atoms with E-state index in [0.717, 1.165) is 30.5 Å². The average molecular weight is 483 g/mol. The molecule has 2 unspecified atom stereocenters. The van der Waals surface area contributed by atoms with E-state index in [2.05, 4.69) is 13.0 Å². The Morgan fingerprint density at radius 1 is 1.24 bits per heavy atom. The van der Waals surface area contributed by atoms with E-state index in [1.807, 2.05) is 45.5 Å². The number of aliphatic hydroxyl groups is 1. The van der Waals surface area contributed by atoms with Crippen molar-refractivity contribution in [1.82, 2.24) is 9.80 Å². The van der Waals surface area contributed by atoms with Crippen LogP contribution in [0.3, 0.4) is 0 Å². The molecule has 1 aliphatic heterocycles. The van der Waals surface area contributed by atoms with Crippen LogP contribution in [-0.4, -0.2) is 53.6 Å². The molecule has 0 fully saturated rings. The van der Waals surface area contributed by atoms with Gasteiger partial charge in [0.25, 0.3) is 0 Å². The average Bonchev–Trinajstić information content (AvgIpc) is 3.32. The maximum Gasteiger partial charge on any atom is 0.237 e. The van der Waals surface area contributed by atoms with Crippen LogP contribution in [0.4, 0.5) is 4.39 Å². The number of halogens is 1. The van der Waals surface area contributed by atoms with Crippen LogP contribution in [0.2, 0.25) is 0 Å². The smallest absolute Gasteiger partial charge is 0.237 e. The molecule has 0 spiro atoms. The van der Waals surface area contributed by atoms with Gasteiger partial charge in [0, 0.05) is 24.0 Å². The van der Waals surface area contributed by atoms with Crippen LogP contribution in [0.5, 0.6) is 5.75 Å². The first-order valence-electron chi connectivity index (χ1n) is 11.7. The van der Waals surface area contributed by atoms with E-state index >= 15 is 0 Å². The second-order valence-corrected chi connectivity index (χ2v) is 9.58. The normalized spacial score (nSPS) is 16.4. The molecule has 4 rings (SSSR count). The Bertz CT molecular complexity index is 1070. The van der Waals surface area contributed by atoms with Crippen molar-refractivity contribution < 1.29 is 19.0 Å². The van der Waals surface area contributed by atoms with E-state index in [4.69, 9.17) is 4.74 Å². The Hall–Kier alpha value is -2.74. The van der Waals surface area contributed by atoms with Crippen molar-refractivity contribution in [2.24, 2.45) is 0 Å². The topological polar surface area (TPSA) is 53.0 Å². The van der Waals surface area contributed by atoms with Crippen molar-refractivity contribution in [3.05, 3.63) is 87.9 Å². The van der Waals surface area contributed by atoms with Crippen molar-refractivity contribution in [1.29, 1.82) is 0 Å². The summed E-state index contributed by atoms with van der Waals surface area (Å²) in [6.45, 7) is 4.29. The third kappa shape index (κ3) is 6.03. The Balaban J connectivity index is 1.46. The maximum atomic E-state index is 13.6. The van der Waals surface area contributed by atoms with Crippen LogP contribution < -0.4 is 4.74 Å². The molecule has 1 N–H and O–H groups in total. The number of aliphatic hydroxyl groups excluding tert-OH is 1. The first-order chi connectivity index (χ1) is 16.5. The lowest BCUT2D eigenvalue weighted by Crippen LogP contribution is -2.47. The van der Waals surface area contributed by atoms with Gasteiger partial charge in [-0.2, -0.15) is 0 Å². The molecule has 7 heteroatoms. The summed E-state index contributed by atoms with van der Waals surface area (Å²) in [5.41, 5.74) is 1.95. The lowest BCUT2D eigenvalue weighted by Gasteiger charge is -2.37. The van der Waals surface area contributed by atoms with E-state index in [1.165, 1.54) is 17.0 Å². The molecule has 3 aromatic rings. The molecule has 1 aliphatic rings. The molecule has 1 amide bonds. The second-order valence-electron chi connectivity index (χ2n) is 8.58. The van der Waals surface area contributed by atoms with Crippen LogP contribution in [0, 0.1) is 5.82 Å². The quantitative estimate of drug-likeness (QED) is 0.449. The molecule has 0 saturated heterocycles. The zero-order valence-corrected chi connectivity index (χ0v) is 20.2. The van der Waals surface area contributed by atoms with Gasteiger partial charge in [-0.3, -0.25) is 9.69 Å². The third-order valence-electron chi connectivity index (χ3n) is 6.13. The first-order valence-corrected chi connectivity index (χ1v) is 12.6. The minimum atomic E-state index is -0.655. The molecule has 180 valence electrons. The molecule has 1 aromatic heterocycles. The van der Waals surface area contributed by atoms with Crippen molar-refractivity contribution in [2.45, 2.75) is 31.9 Å². The number of amides is 1. The summed E-state index contributed by atoms with van der Waals surface area (Å²) in [5, 5.41) is 12.8. The third-order valence-corrected chi connectivity index (χ3v) is 7.13. The first kappa shape index (κ1) is 24.4. The van der Waals surface area contributed by atoms with E-state index in [-0.39, 0.29) is 30.9 Å². The van der Waals surface area contributed by atoms with Crippen molar-refractivity contribution in [3.8, 4) is 5.75 Å². The Labute approximate surface area is 204 Å². The van der Waals surface area contributed by atoms with Gasteiger partial charge in [0.1, 0.15) is 18.2 Å². The van der Waals surface area contributed by atoms with Crippen LogP contribution in [0.15, 0.2) is 66.0 Å². The fourth-order valence-corrected chi connectivity index (χ4v) is 5.39. The SMILES string of the molecule is CCCN(CC(=O)N1CCc2sccc2C1COc1cccc(F)c1)CC(O)c1ccccc1. The number of nitrogens with zero attached hydrogens (tertiary/aromatic N) is 2. The molecule has 0 radical (unpaired) electrons. The molecule has 34 heavy (non-hydrogen) atoms. The van der Waals surface area contributed by atoms with E-state index in [0.29, 0.717) is 18.8 Å². The summed E-state index contributed by atoms with van der Waals surface area (Å²) >= 11 is 1.70. The molecular formula is C27H31FN2O3S. The van der Waals surface area contributed by atoms with Crippen molar-refractivity contribution in [2.75, 3.05) is 32.8 Å². The molecule has 0 bridgehead atoms. The van der Waals surface area contributed by atoms with E-state index in [9.17, 15) is 14.3 Å².